The van der Waals surface area contributed by atoms with E-state index in [0.717, 1.165) is 19.4 Å². The summed E-state index contributed by atoms with van der Waals surface area (Å²) >= 11 is 1.12. The van der Waals surface area contributed by atoms with E-state index in [2.05, 4.69) is 4.40 Å². The van der Waals surface area contributed by atoms with Gasteiger partial charge in [0.1, 0.15) is 0 Å². The van der Waals surface area contributed by atoms with Crippen LogP contribution in [-0.2, 0) is 28.9 Å². The molecule has 2 nitrogen and oxygen atoms in total. The largest absolute Gasteiger partial charge is 2.00 e. The molecule has 0 aromatic heterocycles. The number of rotatable bonds is 6. The molecule has 0 saturated carbocycles. The Labute approximate surface area is 146 Å². The normalized spacial score (nSPS) is 8.39. The van der Waals surface area contributed by atoms with Crippen molar-refractivity contribution in [3.05, 3.63) is 23.8 Å². The summed E-state index contributed by atoms with van der Waals surface area (Å²) in [6, 6.07) is 0. The van der Waals surface area contributed by atoms with Crippen LogP contribution in [0.25, 0.3) is 0 Å². The Morgan fingerprint density at radius 3 is 2.00 bits per heavy atom. The number of hydrogen-bond donors (Lipinski definition) is 0. The first-order valence-corrected chi connectivity index (χ1v) is 7.11. The topological polar surface area (TPSA) is 34.1 Å². The van der Waals surface area contributed by atoms with Crippen molar-refractivity contribution >= 4 is 16.5 Å². The fraction of sp³-hybridized carbons (Fsp3) is 0.500. The van der Waals surface area contributed by atoms with Crippen molar-refractivity contribution in [1.82, 2.24) is 0 Å². The summed E-state index contributed by atoms with van der Waals surface area (Å²) in [6.45, 7) is 15.0. The van der Waals surface area contributed by atoms with Gasteiger partial charge in [-0.05, 0) is 0 Å². The number of ketones is 1. The average molecular weight is 643 g/mol. The molecule has 0 radical (unpaired) electrons. The summed E-state index contributed by atoms with van der Waals surface area (Å²) in [6.07, 6.45) is 3.77. The Morgan fingerprint density at radius 2 is 1.72 bits per heavy atom. The smallest absolute Gasteiger partial charge is 2.00 e. The molecule has 100 valence electrons. The van der Waals surface area contributed by atoms with E-state index in [4.69, 9.17) is 6.58 Å². The molecule has 0 aromatic rings. The third-order valence-corrected chi connectivity index (χ3v) is 2.15. The van der Waals surface area contributed by atoms with Gasteiger partial charge in [-0.25, -0.2) is 0 Å². The standard InChI is InChI=1S/C10H9O2.2C2H6.U.W/c1-8(4-5-11)6-9(2)7-10(3)12;2*1-2;;/h2,6H,4,7H2,3H3;2*1-2H3;;/q-3;;;+2;. The van der Waals surface area contributed by atoms with Gasteiger partial charge in [-0.1, -0.05) is 27.7 Å². The minimum atomic E-state index is 0. The minimum absolute atomic E-state index is 0. The van der Waals surface area contributed by atoms with Crippen LogP contribution in [0.1, 0.15) is 47.5 Å². The van der Waals surface area contributed by atoms with Crippen LogP contribution in [0.3, 0.4) is 0 Å². The zero-order chi connectivity index (χ0) is 14.3. The first-order chi connectivity index (χ1) is 8.10. The maximum atomic E-state index is 10.7. The third-order valence-electron chi connectivity index (χ3n) is 1.21. The van der Waals surface area contributed by atoms with Gasteiger partial charge in [-0.2, -0.15) is 0 Å². The molecule has 0 aliphatic heterocycles. The van der Waals surface area contributed by atoms with Crippen LogP contribution in [0.4, 0.5) is 0 Å². The van der Waals surface area contributed by atoms with E-state index in [9.17, 15) is 9.59 Å². The predicted molar refractivity (Wildman–Crippen MR) is 69.2 cm³/mol. The van der Waals surface area contributed by atoms with Crippen LogP contribution >= 0.6 is 0 Å². The van der Waals surface area contributed by atoms with Crippen LogP contribution in [0.2, 0.25) is 0 Å². The summed E-state index contributed by atoms with van der Waals surface area (Å²) in [5.74, 6) is 0.00614. The van der Waals surface area contributed by atoms with Crippen molar-refractivity contribution in [1.29, 1.82) is 0 Å². The monoisotopic (exact) mass is 643 g/mol. The van der Waals surface area contributed by atoms with Crippen LogP contribution < -0.4 is 0 Å². The summed E-state index contributed by atoms with van der Waals surface area (Å²) in [4.78, 5) is 20.7. The van der Waals surface area contributed by atoms with Crippen LogP contribution in [0.5, 0.6) is 0 Å². The summed E-state index contributed by atoms with van der Waals surface area (Å²) in [5, 5.41) is 0. The van der Waals surface area contributed by atoms with Gasteiger partial charge in [0, 0.05) is 0 Å². The van der Waals surface area contributed by atoms with Gasteiger partial charge >= 0.3 is 120 Å². The predicted octanol–water partition coefficient (Wildman–Crippen LogP) is 3.03. The van der Waals surface area contributed by atoms with Crippen molar-refractivity contribution in [2.75, 3.05) is 0 Å². The second kappa shape index (κ2) is 22.6. The second-order valence-corrected chi connectivity index (χ2v) is 3.28. The van der Waals surface area contributed by atoms with Crippen molar-refractivity contribution in [2.24, 2.45) is 0 Å². The molecule has 0 amide bonds. The number of Topliss-reactive ketones (excluding diaryl/α,β-unsaturated/α-hetero) is 1. The minimum Gasteiger partial charge on any atom is 2.00 e. The van der Waals surface area contributed by atoms with E-state index < -0.39 is 0 Å². The van der Waals surface area contributed by atoms with Gasteiger partial charge in [0.05, 0.1) is 0 Å². The molecule has 0 atom stereocenters. The molecule has 0 spiro atoms. The quantitative estimate of drug-likeness (QED) is 0.330. The maximum Gasteiger partial charge on any atom is 2.00 e. The molecular weight excluding hydrogens is 622 g/mol. The van der Waals surface area contributed by atoms with E-state index in [1.165, 1.54) is 6.92 Å². The van der Waals surface area contributed by atoms with Gasteiger partial charge in [0.2, 0.25) is 0 Å². The van der Waals surface area contributed by atoms with Gasteiger partial charge in [0.25, 0.3) is 0 Å². The van der Waals surface area contributed by atoms with Crippen molar-refractivity contribution in [2.45, 2.75) is 47.5 Å². The number of carbonyl (C=O) groups excluding carboxylic acids is 2. The van der Waals surface area contributed by atoms with Crippen molar-refractivity contribution in [3.63, 3.8) is 0 Å². The Hall–Kier alpha value is 0.430. The second-order valence-electron chi connectivity index (χ2n) is 2.55. The molecule has 0 aliphatic rings. The van der Waals surface area contributed by atoms with Crippen LogP contribution in [-0.4, -0.2) is 16.5 Å². The Kier molecular flexibility index (Phi) is 33.8. The number of hydrogen-bond acceptors (Lipinski definition) is 2. The molecular formula is C14H21O2UW-. The fourth-order valence-electron chi connectivity index (χ4n) is 0.757. The molecule has 0 aromatic carbocycles. The zero-order valence-electron chi connectivity index (χ0n) is 11.8. The molecule has 0 heterocycles. The number of allylic oxidation sites excluding steroid dienone is 3. The summed E-state index contributed by atoms with van der Waals surface area (Å²) in [5.41, 5.74) is 1.16. The van der Waals surface area contributed by atoms with E-state index >= 15 is 0 Å². The molecule has 18 heavy (non-hydrogen) atoms. The SMILES string of the molecule is CC.CC.[CH-]=C(C=C([C-]=[W])C[C-]=O)CC(C)=O.[U+2]. The summed E-state index contributed by atoms with van der Waals surface area (Å²) < 4.78 is 2.88. The first-order valence-electron chi connectivity index (χ1n) is 5.64. The van der Waals surface area contributed by atoms with Gasteiger partial charge in [-0.15, -0.1) is 0 Å². The van der Waals surface area contributed by atoms with E-state index in [1.807, 2.05) is 27.7 Å². The molecule has 0 aliphatic carbocycles. The molecule has 0 fully saturated rings. The number of carbonyl (C=O) groups is 1. The Balaban J connectivity index is -0.000000177. The first kappa shape index (κ1) is 26.9. The van der Waals surface area contributed by atoms with Gasteiger partial charge < -0.3 is 0 Å². The van der Waals surface area contributed by atoms with Gasteiger partial charge in [0.15, 0.2) is 0 Å². The molecule has 0 saturated heterocycles. The van der Waals surface area contributed by atoms with Crippen LogP contribution in [0, 0.1) is 37.7 Å². The van der Waals surface area contributed by atoms with E-state index in [-0.39, 0.29) is 49.7 Å². The fourth-order valence-corrected chi connectivity index (χ4v) is 1.23. The molecule has 0 bridgehead atoms. The Morgan fingerprint density at radius 1 is 1.28 bits per heavy atom. The summed E-state index contributed by atoms with van der Waals surface area (Å²) in [7, 11) is 0. The van der Waals surface area contributed by atoms with Crippen molar-refractivity contribution in [3.8, 4) is 0 Å². The van der Waals surface area contributed by atoms with Crippen molar-refractivity contribution < 1.29 is 60.1 Å². The van der Waals surface area contributed by atoms with E-state index in [0.29, 0.717) is 11.1 Å². The zero-order valence-corrected chi connectivity index (χ0v) is 18.9. The molecule has 0 N–H and O–H groups in total. The molecule has 0 rings (SSSR count). The third kappa shape index (κ3) is 21.7. The Bertz CT molecular complexity index is 271. The van der Waals surface area contributed by atoms with Crippen LogP contribution in [0.15, 0.2) is 17.2 Å². The molecule has 0 unspecified atom stereocenters. The van der Waals surface area contributed by atoms with E-state index in [1.54, 1.807) is 12.4 Å². The van der Waals surface area contributed by atoms with Gasteiger partial charge in [-0.3, -0.25) is 0 Å². The maximum absolute atomic E-state index is 10.7. The molecule has 4 heteroatoms. The average Bonchev–Trinajstić information content (AvgIpc) is 2.32.